The van der Waals surface area contributed by atoms with Gasteiger partial charge in [-0.15, -0.1) is 0 Å². The summed E-state index contributed by atoms with van der Waals surface area (Å²) in [5.41, 5.74) is 11.7. The molecule has 2 aliphatic rings. The molecule has 0 radical (unpaired) electrons. The molecule has 8 N–H and O–H groups in total. The topological polar surface area (TPSA) is 170 Å². The fourth-order valence-electron chi connectivity index (χ4n) is 3.11. The summed E-state index contributed by atoms with van der Waals surface area (Å²) < 4.78 is 22.3. The summed E-state index contributed by atoms with van der Waals surface area (Å²) in [6.45, 7) is 5.23. The van der Waals surface area contributed by atoms with Crippen LogP contribution in [-0.4, -0.2) is 94.4 Å². The van der Waals surface area contributed by atoms with E-state index in [1.54, 1.807) is 20.8 Å². The number of nitrogens with two attached hydrogens (primary N) is 2. The summed E-state index contributed by atoms with van der Waals surface area (Å²) in [7, 11) is 0. The molecule has 26 heavy (non-hydrogen) atoms. The van der Waals surface area contributed by atoms with E-state index in [1.165, 1.54) is 0 Å². The molecule has 0 aromatic carbocycles. The van der Waals surface area contributed by atoms with Gasteiger partial charge in [0.05, 0.1) is 30.9 Å². The highest BCUT2D eigenvalue weighted by atomic mass is 16.7. The Labute approximate surface area is 153 Å². The van der Waals surface area contributed by atoms with Crippen LogP contribution in [0.5, 0.6) is 0 Å². The molecule has 2 heterocycles. The zero-order chi connectivity index (χ0) is 19.6. The van der Waals surface area contributed by atoms with Crippen molar-refractivity contribution >= 4 is 0 Å². The molecule has 10 atom stereocenters. The molecule has 2 fully saturated rings. The summed E-state index contributed by atoms with van der Waals surface area (Å²) in [6, 6.07) is -1.87. The molecule has 0 amide bonds. The van der Waals surface area contributed by atoms with Crippen LogP contribution in [0.4, 0.5) is 0 Å². The fraction of sp³-hybridized carbons (Fsp3) is 1.00. The molecular formula is C16H32N2O8. The molecule has 0 saturated carbocycles. The molecule has 0 aromatic heterocycles. The number of hydrogen-bond acceptors (Lipinski definition) is 10. The van der Waals surface area contributed by atoms with E-state index < -0.39 is 61.3 Å². The van der Waals surface area contributed by atoms with Gasteiger partial charge in [-0.05, 0) is 20.3 Å². The van der Waals surface area contributed by atoms with Crippen LogP contribution in [0.25, 0.3) is 0 Å². The lowest BCUT2D eigenvalue weighted by Gasteiger charge is -2.43. The van der Waals surface area contributed by atoms with Gasteiger partial charge in [-0.2, -0.15) is 0 Å². The van der Waals surface area contributed by atoms with Crippen LogP contribution >= 0.6 is 0 Å². The highest BCUT2D eigenvalue weighted by Gasteiger charge is 2.46. The van der Waals surface area contributed by atoms with Crippen LogP contribution in [0.3, 0.4) is 0 Å². The third-order valence-electron chi connectivity index (χ3n) is 4.73. The van der Waals surface area contributed by atoms with Crippen molar-refractivity contribution < 1.29 is 39.4 Å². The second-order valence-electron chi connectivity index (χ2n) is 7.13. The molecule has 2 aliphatic heterocycles. The van der Waals surface area contributed by atoms with E-state index in [9.17, 15) is 20.4 Å². The Hall–Kier alpha value is -0.400. The normalized spacial score (nSPS) is 47.3. The van der Waals surface area contributed by atoms with Crippen LogP contribution in [0.15, 0.2) is 0 Å². The molecule has 154 valence electrons. The Morgan fingerprint density at radius 3 is 1.88 bits per heavy atom. The molecule has 10 heteroatoms. The van der Waals surface area contributed by atoms with Gasteiger partial charge in [0.15, 0.2) is 12.6 Å². The molecule has 0 spiro atoms. The maximum absolute atomic E-state index is 10.2. The van der Waals surface area contributed by atoms with Crippen LogP contribution in [-0.2, 0) is 18.9 Å². The number of aliphatic hydroxyl groups excluding tert-OH is 4. The van der Waals surface area contributed by atoms with Gasteiger partial charge in [-0.25, -0.2) is 0 Å². The maximum Gasteiger partial charge on any atom is 0.176 e. The van der Waals surface area contributed by atoms with Crippen molar-refractivity contribution in [2.24, 2.45) is 11.5 Å². The van der Waals surface area contributed by atoms with E-state index in [1.807, 2.05) is 0 Å². The van der Waals surface area contributed by atoms with Gasteiger partial charge in [0.2, 0.25) is 0 Å². The minimum Gasteiger partial charge on any atom is -0.388 e. The number of rotatable bonds is 6. The SMILES string of the molecule is CCC1OC(OCC2OC(OC(C)C)C(N)C(O)C2O)C(N)C(O)C1O. The summed E-state index contributed by atoms with van der Waals surface area (Å²) >= 11 is 0. The van der Waals surface area contributed by atoms with Gasteiger partial charge in [0.1, 0.15) is 30.5 Å². The van der Waals surface area contributed by atoms with E-state index in [4.69, 9.17) is 30.4 Å². The molecule has 2 rings (SSSR count). The molecular weight excluding hydrogens is 348 g/mol. The van der Waals surface area contributed by atoms with Crippen LogP contribution in [0.2, 0.25) is 0 Å². The van der Waals surface area contributed by atoms with E-state index in [-0.39, 0.29) is 12.7 Å². The summed E-state index contributed by atoms with van der Waals surface area (Å²) in [6.07, 6.45) is -8.01. The monoisotopic (exact) mass is 380 g/mol. The van der Waals surface area contributed by atoms with E-state index in [0.29, 0.717) is 6.42 Å². The van der Waals surface area contributed by atoms with Crippen molar-refractivity contribution in [3.8, 4) is 0 Å². The fourth-order valence-corrected chi connectivity index (χ4v) is 3.11. The van der Waals surface area contributed by atoms with Gasteiger partial charge in [-0.1, -0.05) is 6.92 Å². The largest absolute Gasteiger partial charge is 0.388 e. The van der Waals surface area contributed by atoms with Crippen molar-refractivity contribution in [3.05, 3.63) is 0 Å². The third-order valence-corrected chi connectivity index (χ3v) is 4.73. The Morgan fingerprint density at radius 1 is 0.846 bits per heavy atom. The summed E-state index contributed by atoms with van der Waals surface area (Å²) in [5.74, 6) is 0. The molecule has 0 aliphatic carbocycles. The molecule has 10 nitrogen and oxygen atoms in total. The van der Waals surface area contributed by atoms with E-state index >= 15 is 0 Å². The van der Waals surface area contributed by atoms with Gasteiger partial charge in [-0.3, -0.25) is 0 Å². The van der Waals surface area contributed by atoms with E-state index in [0.717, 1.165) is 0 Å². The first kappa shape index (κ1) is 21.9. The Morgan fingerprint density at radius 2 is 1.35 bits per heavy atom. The van der Waals surface area contributed by atoms with Gasteiger partial charge in [0, 0.05) is 0 Å². The minimum atomic E-state index is -1.28. The van der Waals surface area contributed by atoms with Crippen molar-refractivity contribution in [2.45, 2.75) is 94.6 Å². The average Bonchev–Trinajstić information content (AvgIpc) is 2.60. The summed E-state index contributed by atoms with van der Waals surface area (Å²) in [4.78, 5) is 0. The number of ether oxygens (including phenoxy) is 4. The van der Waals surface area contributed by atoms with Crippen molar-refractivity contribution in [2.75, 3.05) is 6.61 Å². The van der Waals surface area contributed by atoms with Crippen LogP contribution in [0, 0.1) is 0 Å². The summed E-state index contributed by atoms with van der Waals surface area (Å²) in [5, 5.41) is 40.3. The Bertz CT molecular complexity index is 440. The molecule has 0 bridgehead atoms. The smallest absolute Gasteiger partial charge is 0.176 e. The first-order valence-electron chi connectivity index (χ1n) is 8.98. The Kier molecular flexibility index (Phi) is 7.74. The van der Waals surface area contributed by atoms with Crippen LogP contribution < -0.4 is 11.5 Å². The molecule has 10 unspecified atom stereocenters. The molecule has 2 saturated heterocycles. The minimum absolute atomic E-state index is 0.166. The lowest BCUT2D eigenvalue weighted by molar-refractivity contribution is -0.301. The van der Waals surface area contributed by atoms with Gasteiger partial charge < -0.3 is 50.8 Å². The second kappa shape index (κ2) is 9.20. The predicted octanol–water partition coefficient (Wildman–Crippen LogP) is -2.61. The zero-order valence-electron chi connectivity index (χ0n) is 15.3. The van der Waals surface area contributed by atoms with Crippen LogP contribution in [0.1, 0.15) is 27.2 Å². The van der Waals surface area contributed by atoms with E-state index in [2.05, 4.69) is 0 Å². The van der Waals surface area contributed by atoms with Gasteiger partial charge in [0.25, 0.3) is 0 Å². The highest BCUT2D eigenvalue weighted by molar-refractivity contribution is 4.94. The number of hydrogen-bond donors (Lipinski definition) is 6. The van der Waals surface area contributed by atoms with Crippen molar-refractivity contribution in [1.29, 1.82) is 0 Å². The molecule has 0 aromatic rings. The lowest BCUT2D eigenvalue weighted by atomic mass is 9.96. The standard InChI is InChI=1S/C16H32N2O8/c1-4-7-11(19)13(21)9(17)15(25-7)23-5-8-12(20)14(22)10(18)16(26-8)24-6(2)3/h6-16,19-22H,4-5,17-18H2,1-3H3. The average molecular weight is 380 g/mol. The van der Waals surface area contributed by atoms with Crippen molar-refractivity contribution in [3.63, 3.8) is 0 Å². The lowest BCUT2D eigenvalue weighted by Crippen LogP contribution is -2.64. The first-order chi connectivity index (χ1) is 12.2. The third kappa shape index (κ3) is 4.71. The maximum atomic E-state index is 10.2. The quantitative estimate of drug-likeness (QED) is 0.287. The number of aliphatic hydroxyl groups is 4. The Balaban J connectivity index is 1.98. The zero-order valence-corrected chi connectivity index (χ0v) is 15.3. The second-order valence-corrected chi connectivity index (χ2v) is 7.13. The predicted molar refractivity (Wildman–Crippen MR) is 89.8 cm³/mol. The van der Waals surface area contributed by atoms with Crippen molar-refractivity contribution in [1.82, 2.24) is 0 Å². The first-order valence-corrected chi connectivity index (χ1v) is 8.98. The van der Waals surface area contributed by atoms with Gasteiger partial charge >= 0.3 is 0 Å². The highest BCUT2D eigenvalue weighted by Crippen LogP contribution is 2.26.